The summed E-state index contributed by atoms with van der Waals surface area (Å²) in [6.07, 6.45) is 1.71. The van der Waals surface area contributed by atoms with E-state index in [0.29, 0.717) is 85.8 Å². The molecule has 0 fully saturated rings. The highest BCUT2D eigenvalue weighted by Gasteiger charge is 2.23. The van der Waals surface area contributed by atoms with Gasteiger partial charge >= 0.3 is 0 Å². The summed E-state index contributed by atoms with van der Waals surface area (Å²) in [4.78, 5) is 25.7. The zero-order chi connectivity index (χ0) is 72.5. The Hall–Kier alpha value is -4.68. The molecule has 0 atom stereocenters. The van der Waals surface area contributed by atoms with Crippen molar-refractivity contribution in [2.24, 2.45) is 0 Å². The smallest absolute Gasteiger partial charge is 0.264 e. The number of hydrogen-bond acceptors (Lipinski definition) is 28. The van der Waals surface area contributed by atoms with Crippen LogP contribution in [0.25, 0.3) is 0 Å². The zero-order valence-electron chi connectivity index (χ0n) is 54.5. The average molecular weight is 1520 g/mol. The van der Waals surface area contributed by atoms with Gasteiger partial charge in [-0.25, -0.2) is 0 Å². The van der Waals surface area contributed by atoms with E-state index in [2.05, 4.69) is 17.6 Å². The van der Waals surface area contributed by atoms with Gasteiger partial charge in [0.25, 0.3) is 72.5 Å². The largest absolute Gasteiger partial charge is 0.489 e. The second-order valence-corrected chi connectivity index (χ2v) is 29.7. The lowest BCUT2D eigenvalue weighted by molar-refractivity contribution is -0.0230. The lowest BCUT2D eigenvalue weighted by atomic mass is 10.1. The predicted octanol–water partition coefficient (Wildman–Crippen LogP) is 2.12. The van der Waals surface area contributed by atoms with Gasteiger partial charge < -0.3 is 76.9 Å². The van der Waals surface area contributed by atoms with Crippen LogP contribution in [0.5, 0.6) is 34.5 Å². The minimum absolute atomic E-state index is 0.0140. The first-order valence-electron chi connectivity index (χ1n) is 30.7. The summed E-state index contributed by atoms with van der Waals surface area (Å²) in [6, 6.07) is 5.12. The molecule has 2 amide bonds. The molecule has 566 valence electrons. The van der Waals surface area contributed by atoms with E-state index in [0.717, 1.165) is 25.9 Å². The van der Waals surface area contributed by atoms with Crippen LogP contribution in [-0.2, 0) is 98.6 Å². The molecule has 0 radical (unpaired) electrons. The van der Waals surface area contributed by atoms with Crippen LogP contribution in [0, 0.1) is 0 Å². The van der Waals surface area contributed by atoms with Gasteiger partial charge in [0.2, 0.25) is 11.5 Å². The highest BCUT2D eigenvalue weighted by atomic mass is 32.2. The Morgan fingerprint density at radius 2 is 0.505 bits per heavy atom. The Kier molecular flexibility index (Phi) is 47.9. The van der Waals surface area contributed by atoms with Crippen molar-refractivity contribution in [1.82, 2.24) is 10.6 Å². The molecule has 0 spiro atoms. The van der Waals surface area contributed by atoms with E-state index in [-0.39, 0.29) is 150 Å². The second kappa shape index (κ2) is 51.5. The third-order valence-corrected chi connectivity index (χ3v) is 16.5. The SMILES string of the molecule is CCCCNC(=O)c1cc(OCCCS(=O)(=O)O)c(OCCCS(=O)(=O)O)c(OCCCS(=O)(=O)O)c1.CCCOCCOCCOCCOCCOCCOCCOCCOCCNC(=O)c1cc(OCCCS(=O)(=O)O)c(OCCCS(=O)(=O)O)c(OCCCS(=O)(=O)O)c1. The molecular weight excluding hydrogens is 1420 g/mol. The monoisotopic (exact) mass is 1520 g/mol. The van der Waals surface area contributed by atoms with Crippen molar-refractivity contribution in [2.45, 2.75) is 71.6 Å². The van der Waals surface area contributed by atoms with E-state index in [4.69, 9.17) is 93.6 Å². The lowest BCUT2D eigenvalue weighted by Crippen LogP contribution is -2.28. The Balaban J connectivity index is 0.00000109. The van der Waals surface area contributed by atoms with E-state index >= 15 is 0 Å². The van der Waals surface area contributed by atoms with Crippen molar-refractivity contribution in [3.8, 4) is 34.5 Å². The summed E-state index contributed by atoms with van der Waals surface area (Å²) in [7, 11) is -25.6. The molecule has 0 heterocycles. The topological polar surface area (TPSA) is 514 Å². The summed E-state index contributed by atoms with van der Waals surface area (Å²) >= 11 is 0. The molecule has 0 saturated heterocycles. The minimum Gasteiger partial charge on any atom is -0.489 e. The zero-order valence-corrected chi connectivity index (χ0v) is 59.3. The number of amides is 2. The van der Waals surface area contributed by atoms with Crippen LogP contribution < -0.4 is 39.1 Å². The molecule has 0 bridgehead atoms. The molecule has 0 unspecified atom stereocenters. The standard InChI is InChI=1S/C35H63NO21S3.C20H33NO13S3/c1-2-7-47-12-14-49-16-18-51-20-22-53-24-25-54-23-21-52-19-17-50-15-13-48-11-6-36-35(37)31-29-32(55-8-3-26-58(38,39)40)34(57-10-5-28-60(44,45)46)33(30-31)56-9-4-27-59(41,42)43;1-2-3-7-21-20(22)16-14-17(32-8-4-11-35(23,24)25)19(34-10-6-13-37(29,30)31)18(15-16)33-9-5-12-36(26,27)28/h29-30H,2-28H2,1H3,(H,36,37)(H,38,39,40)(H,41,42,43)(H,44,45,46);14-15H,2-13H2,1H3,(H,21,22)(H,23,24,25)(H,26,27,28)(H,29,30,31). The number of hydrogen-bond donors (Lipinski definition) is 8. The van der Waals surface area contributed by atoms with Gasteiger partial charge in [-0.1, -0.05) is 20.3 Å². The Labute approximate surface area is 568 Å². The van der Waals surface area contributed by atoms with Gasteiger partial charge in [-0.2, -0.15) is 50.5 Å². The van der Waals surface area contributed by atoms with Crippen LogP contribution in [0.4, 0.5) is 0 Å². The van der Waals surface area contributed by atoms with Crippen LogP contribution in [0.15, 0.2) is 24.3 Å². The van der Waals surface area contributed by atoms with Gasteiger partial charge in [0.1, 0.15) is 0 Å². The van der Waals surface area contributed by atoms with Crippen molar-refractivity contribution in [3.05, 3.63) is 35.4 Å². The van der Waals surface area contributed by atoms with Crippen molar-refractivity contribution < 1.29 is 154 Å². The number of nitrogens with one attached hydrogen (secondary N) is 2. The Morgan fingerprint density at radius 3 is 0.732 bits per heavy atom. The number of unbranched alkanes of at least 4 members (excludes halogenated alkanes) is 1. The van der Waals surface area contributed by atoms with Gasteiger partial charge in [-0.3, -0.25) is 36.9 Å². The third-order valence-electron chi connectivity index (χ3n) is 11.7. The molecule has 97 heavy (non-hydrogen) atoms. The van der Waals surface area contributed by atoms with Crippen molar-refractivity contribution in [3.63, 3.8) is 0 Å². The van der Waals surface area contributed by atoms with Crippen molar-refractivity contribution in [1.29, 1.82) is 0 Å². The van der Waals surface area contributed by atoms with Gasteiger partial charge in [0.15, 0.2) is 23.0 Å². The number of carbonyl (C=O) groups is 2. The van der Waals surface area contributed by atoms with E-state index in [1.165, 1.54) is 24.3 Å². The maximum Gasteiger partial charge on any atom is 0.264 e. The first-order chi connectivity index (χ1) is 45.7. The van der Waals surface area contributed by atoms with Crippen molar-refractivity contribution >= 4 is 72.5 Å². The fourth-order valence-corrected chi connectivity index (χ4v) is 10.2. The van der Waals surface area contributed by atoms with Crippen LogP contribution in [-0.4, -0.2) is 283 Å². The Morgan fingerprint density at radius 1 is 0.289 bits per heavy atom. The number of carbonyl (C=O) groups excluding carboxylic acids is 2. The summed E-state index contributed by atoms with van der Waals surface area (Å²) in [5.41, 5.74) is 0.0656. The van der Waals surface area contributed by atoms with Crippen LogP contribution in [0.3, 0.4) is 0 Å². The van der Waals surface area contributed by atoms with E-state index in [1.54, 1.807) is 0 Å². The second-order valence-electron chi connectivity index (χ2n) is 20.3. The maximum atomic E-state index is 13.1. The quantitative estimate of drug-likeness (QED) is 0.0347. The van der Waals surface area contributed by atoms with E-state index < -0.39 is 107 Å². The predicted molar refractivity (Wildman–Crippen MR) is 348 cm³/mol. The molecule has 42 heteroatoms. The van der Waals surface area contributed by atoms with E-state index in [9.17, 15) is 60.1 Å². The third kappa shape index (κ3) is 53.8. The Bertz CT molecular complexity index is 3090. The van der Waals surface area contributed by atoms with Crippen LogP contribution in [0.1, 0.15) is 92.4 Å². The summed E-state index contributed by atoms with van der Waals surface area (Å²) in [5, 5.41) is 5.36. The number of rotatable bonds is 61. The molecule has 0 saturated carbocycles. The van der Waals surface area contributed by atoms with Gasteiger partial charge in [-0.05, 0) is 75.6 Å². The fourth-order valence-electron chi connectivity index (χ4n) is 7.26. The average Bonchev–Trinajstić information content (AvgIpc) is 0.825. The molecule has 2 aromatic carbocycles. The molecular formula is C55H96N2O34S6. The molecule has 0 aliphatic carbocycles. The lowest BCUT2D eigenvalue weighted by Gasteiger charge is -2.19. The molecule has 8 N–H and O–H groups in total. The molecule has 36 nitrogen and oxygen atoms in total. The maximum absolute atomic E-state index is 13.1. The van der Waals surface area contributed by atoms with E-state index in [1.807, 2.05) is 6.92 Å². The van der Waals surface area contributed by atoms with Crippen LogP contribution >= 0.6 is 0 Å². The highest BCUT2D eigenvalue weighted by molar-refractivity contribution is 7.86. The van der Waals surface area contributed by atoms with Gasteiger partial charge in [-0.15, -0.1) is 0 Å². The first-order valence-corrected chi connectivity index (χ1v) is 40.4. The summed E-state index contributed by atoms with van der Waals surface area (Å²) in [5.74, 6) is -5.35. The van der Waals surface area contributed by atoms with Crippen molar-refractivity contribution in [2.75, 3.05) is 193 Å². The summed E-state index contributed by atoms with van der Waals surface area (Å²) < 4.78 is 264. The normalized spacial score (nSPS) is 12.2. The number of benzene rings is 2. The van der Waals surface area contributed by atoms with Crippen LogP contribution in [0.2, 0.25) is 0 Å². The molecule has 2 rings (SSSR count). The first kappa shape index (κ1) is 90.3. The minimum atomic E-state index is -4.30. The van der Waals surface area contributed by atoms with Gasteiger partial charge in [0.05, 0.1) is 173 Å². The number of ether oxygens (including phenoxy) is 14. The van der Waals surface area contributed by atoms with Gasteiger partial charge in [0, 0.05) is 30.8 Å². The molecule has 0 aliphatic rings. The molecule has 0 aromatic heterocycles. The fraction of sp³-hybridized carbons (Fsp3) is 0.745. The molecule has 2 aromatic rings. The highest BCUT2D eigenvalue weighted by Crippen LogP contribution is 2.41. The summed E-state index contributed by atoms with van der Waals surface area (Å²) in [6.45, 7) is 9.78. The molecule has 0 aliphatic heterocycles.